The lowest BCUT2D eigenvalue weighted by Gasteiger charge is -2.17. The van der Waals surface area contributed by atoms with Crippen LogP contribution in [-0.2, 0) is 6.42 Å². The van der Waals surface area contributed by atoms with Crippen molar-refractivity contribution >= 4 is 0 Å². The fourth-order valence-electron chi connectivity index (χ4n) is 2.12. The Labute approximate surface area is 121 Å². The number of hydrogen-bond acceptors (Lipinski definition) is 3. The van der Waals surface area contributed by atoms with Crippen molar-refractivity contribution in [2.24, 2.45) is 0 Å². The summed E-state index contributed by atoms with van der Waals surface area (Å²) in [6.07, 6.45) is 5.80. The third-order valence-electron chi connectivity index (χ3n) is 3.31. The summed E-state index contributed by atoms with van der Waals surface area (Å²) >= 11 is 0. The highest BCUT2D eigenvalue weighted by atomic mass is 15.0. The van der Waals surface area contributed by atoms with E-state index in [0.717, 1.165) is 30.8 Å². The topological polar surface area (TPSA) is 37.8 Å². The van der Waals surface area contributed by atoms with Crippen LogP contribution in [0.1, 0.15) is 41.9 Å². The van der Waals surface area contributed by atoms with Crippen molar-refractivity contribution in [1.82, 2.24) is 15.3 Å². The van der Waals surface area contributed by atoms with Gasteiger partial charge in [0.1, 0.15) is 5.82 Å². The highest BCUT2D eigenvalue weighted by molar-refractivity contribution is 5.23. The molecule has 0 saturated heterocycles. The Morgan fingerprint density at radius 3 is 2.25 bits per heavy atom. The predicted molar refractivity (Wildman–Crippen MR) is 82.7 cm³/mol. The Hall–Kier alpha value is -1.74. The number of hydrogen-bond donors (Lipinski definition) is 1. The van der Waals surface area contributed by atoms with Gasteiger partial charge in [-0.25, -0.2) is 9.97 Å². The lowest BCUT2D eigenvalue weighted by atomic mass is 10.0. The summed E-state index contributed by atoms with van der Waals surface area (Å²) < 4.78 is 0. The second-order valence-corrected chi connectivity index (χ2v) is 5.32. The second-order valence-electron chi connectivity index (χ2n) is 5.32. The molecule has 1 heterocycles. The predicted octanol–water partition coefficient (Wildman–Crippen LogP) is 3.38. The fourth-order valence-corrected chi connectivity index (χ4v) is 2.12. The monoisotopic (exact) mass is 269 g/mol. The van der Waals surface area contributed by atoms with Gasteiger partial charge in [-0.1, -0.05) is 36.8 Å². The first-order valence-electron chi connectivity index (χ1n) is 7.26. The number of nitrogens with one attached hydrogen (secondary N) is 1. The maximum Gasteiger partial charge on any atom is 0.145 e. The fraction of sp³-hybridized carbons (Fsp3) is 0.412. The molecule has 1 unspecified atom stereocenters. The molecule has 3 heteroatoms. The summed E-state index contributed by atoms with van der Waals surface area (Å²) in [6.45, 7) is 7.28. The van der Waals surface area contributed by atoms with Crippen molar-refractivity contribution in [1.29, 1.82) is 0 Å². The van der Waals surface area contributed by atoms with E-state index in [-0.39, 0.29) is 6.04 Å². The summed E-state index contributed by atoms with van der Waals surface area (Å²) in [7, 11) is 0. The van der Waals surface area contributed by atoms with Crippen LogP contribution >= 0.6 is 0 Å². The van der Waals surface area contributed by atoms with Crippen molar-refractivity contribution < 1.29 is 0 Å². The van der Waals surface area contributed by atoms with Crippen LogP contribution in [0.5, 0.6) is 0 Å². The van der Waals surface area contributed by atoms with Crippen molar-refractivity contribution in [3.63, 3.8) is 0 Å². The maximum atomic E-state index is 4.47. The van der Waals surface area contributed by atoms with Gasteiger partial charge in [-0.3, -0.25) is 0 Å². The van der Waals surface area contributed by atoms with E-state index < -0.39 is 0 Å². The SMILES string of the molecule is CCCNC(Cc1ccc(C)cc1)c1ncc(C)cn1. The summed E-state index contributed by atoms with van der Waals surface area (Å²) in [6, 6.07) is 8.86. The molecule has 1 N–H and O–H groups in total. The average Bonchev–Trinajstić information content (AvgIpc) is 2.46. The molecule has 2 rings (SSSR count). The molecule has 0 bridgehead atoms. The van der Waals surface area contributed by atoms with E-state index >= 15 is 0 Å². The molecule has 106 valence electrons. The van der Waals surface area contributed by atoms with Gasteiger partial charge < -0.3 is 5.32 Å². The molecular weight excluding hydrogens is 246 g/mol. The standard InChI is InChI=1S/C17H23N3/c1-4-9-18-16(17-19-11-14(3)12-20-17)10-15-7-5-13(2)6-8-15/h5-8,11-12,16,18H,4,9-10H2,1-3H3. The minimum absolute atomic E-state index is 0.179. The van der Waals surface area contributed by atoms with Gasteiger partial charge in [0, 0.05) is 12.4 Å². The van der Waals surface area contributed by atoms with E-state index in [2.05, 4.69) is 53.4 Å². The molecule has 0 aliphatic carbocycles. The van der Waals surface area contributed by atoms with Gasteiger partial charge in [-0.2, -0.15) is 0 Å². The third-order valence-corrected chi connectivity index (χ3v) is 3.31. The zero-order chi connectivity index (χ0) is 14.4. The molecule has 1 aromatic carbocycles. The Balaban J connectivity index is 2.14. The summed E-state index contributed by atoms with van der Waals surface area (Å²) in [5.74, 6) is 0.879. The van der Waals surface area contributed by atoms with Crippen molar-refractivity contribution in [3.05, 3.63) is 59.2 Å². The molecule has 0 aliphatic rings. The van der Waals surface area contributed by atoms with Crippen LogP contribution < -0.4 is 5.32 Å². The van der Waals surface area contributed by atoms with Gasteiger partial charge in [0.15, 0.2) is 0 Å². The lowest BCUT2D eigenvalue weighted by molar-refractivity contribution is 0.504. The third kappa shape index (κ3) is 4.14. The van der Waals surface area contributed by atoms with Crippen LogP contribution in [0.15, 0.2) is 36.7 Å². The van der Waals surface area contributed by atoms with Gasteiger partial charge in [-0.15, -0.1) is 0 Å². The molecule has 1 atom stereocenters. The van der Waals surface area contributed by atoms with Gasteiger partial charge in [-0.05, 0) is 44.4 Å². The van der Waals surface area contributed by atoms with E-state index in [1.54, 1.807) is 0 Å². The molecule has 0 fully saturated rings. The summed E-state index contributed by atoms with van der Waals surface area (Å²) in [4.78, 5) is 8.94. The van der Waals surface area contributed by atoms with Crippen LogP contribution in [0, 0.1) is 13.8 Å². The van der Waals surface area contributed by atoms with E-state index in [9.17, 15) is 0 Å². The minimum Gasteiger partial charge on any atom is -0.307 e. The maximum absolute atomic E-state index is 4.47. The molecule has 1 aromatic heterocycles. The van der Waals surface area contributed by atoms with Gasteiger partial charge in [0.25, 0.3) is 0 Å². The molecule has 0 spiro atoms. The quantitative estimate of drug-likeness (QED) is 0.873. The van der Waals surface area contributed by atoms with Crippen LogP contribution in [-0.4, -0.2) is 16.5 Å². The number of benzene rings is 1. The summed E-state index contributed by atoms with van der Waals surface area (Å²) in [5.41, 5.74) is 3.70. The van der Waals surface area contributed by atoms with Gasteiger partial charge in [0.2, 0.25) is 0 Å². The molecule has 0 saturated carbocycles. The van der Waals surface area contributed by atoms with Crippen molar-refractivity contribution in [2.75, 3.05) is 6.54 Å². The molecule has 2 aromatic rings. The van der Waals surface area contributed by atoms with Crippen LogP contribution in [0.4, 0.5) is 0 Å². The van der Waals surface area contributed by atoms with Gasteiger partial charge in [0.05, 0.1) is 6.04 Å². The first-order chi connectivity index (χ1) is 9.69. The normalized spacial score (nSPS) is 12.3. The van der Waals surface area contributed by atoms with Crippen LogP contribution in [0.25, 0.3) is 0 Å². The van der Waals surface area contributed by atoms with Crippen LogP contribution in [0.3, 0.4) is 0 Å². The van der Waals surface area contributed by atoms with E-state index in [0.29, 0.717) is 0 Å². The zero-order valence-electron chi connectivity index (χ0n) is 12.6. The number of nitrogens with zero attached hydrogens (tertiary/aromatic N) is 2. The van der Waals surface area contributed by atoms with E-state index in [1.165, 1.54) is 11.1 Å². The Morgan fingerprint density at radius 1 is 1.00 bits per heavy atom. The first kappa shape index (κ1) is 14.7. The largest absolute Gasteiger partial charge is 0.307 e. The molecule has 0 radical (unpaired) electrons. The molecule has 0 amide bonds. The number of rotatable bonds is 6. The lowest BCUT2D eigenvalue weighted by Crippen LogP contribution is -2.26. The smallest absolute Gasteiger partial charge is 0.145 e. The Bertz CT molecular complexity index is 517. The van der Waals surface area contributed by atoms with Crippen molar-refractivity contribution in [2.45, 2.75) is 39.7 Å². The zero-order valence-corrected chi connectivity index (χ0v) is 12.6. The minimum atomic E-state index is 0.179. The summed E-state index contributed by atoms with van der Waals surface area (Å²) in [5, 5.41) is 3.54. The first-order valence-corrected chi connectivity index (χ1v) is 7.26. The highest BCUT2D eigenvalue weighted by Crippen LogP contribution is 2.15. The second kappa shape index (κ2) is 7.15. The average molecular weight is 269 g/mol. The Morgan fingerprint density at radius 2 is 1.65 bits per heavy atom. The number of aromatic nitrogens is 2. The molecule has 20 heavy (non-hydrogen) atoms. The molecular formula is C17H23N3. The van der Waals surface area contributed by atoms with E-state index in [4.69, 9.17) is 0 Å². The van der Waals surface area contributed by atoms with Crippen LogP contribution in [0.2, 0.25) is 0 Å². The molecule has 0 aliphatic heterocycles. The highest BCUT2D eigenvalue weighted by Gasteiger charge is 2.14. The molecule has 3 nitrogen and oxygen atoms in total. The van der Waals surface area contributed by atoms with Crippen molar-refractivity contribution in [3.8, 4) is 0 Å². The Kier molecular flexibility index (Phi) is 5.24. The number of aryl methyl sites for hydroxylation is 2. The van der Waals surface area contributed by atoms with Gasteiger partial charge >= 0.3 is 0 Å². The van der Waals surface area contributed by atoms with E-state index in [1.807, 2.05) is 19.3 Å².